The monoisotopic (exact) mass is 1280 g/mol. The second-order valence-electron chi connectivity index (χ2n) is 21.5. The van der Waals surface area contributed by atoms with Gasteiger partial charge in [0.15, 0.2) is 37.4 Å². The van der Waals surface area contributed by atoms with Crippen LogP contribution in [0.1, 0.15) is 73.6 Å². The first-order chi connectivity index (χ1) is 41.6. The fraction of sp³-hybridized carbons (Fsp3) is 0.865. The summed E-state index contributed by atoms with van der Waals surface area (Å²) in [6, 6.07) is -3.45. The molecule has 5 rings (SSSR count). The maximum absolute atomic E-state index is 14.1. The molecular weight excluding hydrogens is 1190 g/mol. The van der Waals surface area contributed by atoms with Crippen molar-refractivity contribution in [2.24, 2.45) is 5.73 Å². The molecule has 0 saturated carbocycles. The Labute approximate surface area is 503 Å². The van der Waals surface area contributed by atoms with E-state index in [9.17, 15) is 89.7 Å². The van der Waals surface area contributed by atoms with Crippen molar-refractivity contribution in [1.82, 2.24) is 10.6 Å². The Bertz CT molecular complexity index is 2270. The molecule has 2 amide bonds. The number of carbonyl (C=O) groups is 7. The third-order valence-electron chi connectivity index (χ3n) is 14.8. The number of hydrogen-bond donors (Lipinski definition) is 14. The fourth-order valence-corrected chi connectivity index (χ4v) is 10.6. The normalized spacial score (nSPS) is 38.3. The summed E-state index contributed by atoms with van der Waals surface area (Å²) in [6.45, 7) is 1.60. The molecule has 36 heteroatoms. The fourth-order valence-electron chi connectivity index (χ4n) is 10.6. The Morgan fingerprint density at radius 3 is 1.65 bits per heavy atom. The van der Waals surface area contributed by atoms with Gasteiger partial charge in [0.25, 0.3) is 5.79 Å². The molecule has 0 aromatic heterocycles. The van der Waals surface area contributed by atoms with E-state index in [1.807, 2.05) is 0 Å². The van der Waals surface area contributed by atoms with E-state index in [0.29, 0.717) is 13.0 Å². The van der Waals surface area contributed by atoms with Crippen molar-refractivity contribution in [3.8, 4) is 0 Å². The summed E-state index contributed by atoms with van der Waals surface area (Å²) < 4.78 is 85.5. The van der Waals surface area contributed by atoms with Crippen LogP contribution < -0.4 is 16.4 Å². The van der Waals surface area contributed by atoms with Crippen LogP contribution in [0.4, 0.5) is 0 Å². The second-order valence-corrected chi connectivity index (χ2v) is 21.5. The molecule has 26 atom stereocenters. The number of hydrogen-bond acceptors (Lipinski definition) is 34. The molecule has 15 N–H and O–H groups in total. The van der Waals surface area contributed by atoms with Crippen LogP contribution in [0, 0.1) is 0 Å². The summed E-state index contributed by atoms with van der Waals surface area (Å²) in [4.78, 5) is 89.4. The van der Waals surface area contributed by atoms with E-state index in [2.05, 4.69) is 10.6 Å². The van der Waals surface area contributed by atoms with Crippen molar-refractivity contribution in [1.29, 1.82) is 0 Å². The maximum Gasteiger partial charge on any atom is 0.366 e. The van der Waals surface area contributed by atoms with E-state index in [4.69, 9.17) is 76.8 Å². The van der Waals surface area contributed by atoms with Gasteiger partial charge in [0.1, 0.15) is 116 Å². The van der Waals surface area contributed by atoms with Crippen LogP contribution in [0.15, 0.2) is 0 Å². The number of amides is 2. The Balaban J connectivity index is 1.40. The van der Waals surface area contributed by atoms with Gasteiger partial charge < -0.3 is 144 Å². The molecule has 0 radical (unpaired) electrons. The minimum atomic E-state index is -2.89. The number of carbonyl (C=O) groups excluding carboxylic acids is 7. The van der Waals surface area contributed by atoms with Gasteiger partial charge in [-0.3, -0.25) is 28.8 Å². The Morgan fingerprint density at radius 2 is 1.09 bits per heavy atom. The van der Waals surface area contributed by atoms with E-state index in [-0.39, 0.29) is 6.61 Å². The molecule has 5 fully saturated rings. The van der Waals surface area contributed by atoms with Crippen molar-refractivity contribution >= 4 is 41.7 Å². The van der Waals surface area contributed by atoms with Gasteiger partial charge in [0.05, 0.1) is 46.0 Å². The summed E-state index contributed by atoms with van der Waals surface area (Å²) in [6.07, 6.45) is -42.0. The molecular formula is C52H85N3O33. The van der Waals surface area contributed by atoms with Crippen LogP contribution in [0.25, 0.3) is 0 Å². The average Bonchev–Trinajstić information content (AvgIpc) is 0.806. The van der Waals surface area contributed by atoms with Crippen molar-refractivity contribution < 1.29 is 161 Å². The number of ether oxygens (including phenoxy) is 15. The van der Waals surface area contributed by atoms with E-state index in [1.54, 1.807) is 0 Å². The van der Waals surface area contributed by atoms with Crippen molar-refractivity contribution in [3.63, 3.8) is 0 Å². The average molecular weight is 1280 g/mol. The van der Waals surface area contributed by atoms with Gasteiger partial charge in [-0.15, -0.1) is 0 Å². The number of unbranched alkanes of at least 4 members (excludes halogenated alkanes) is 3. The molecule has 0 unspecified atom stereocenters. The van der Waals surface area contributed by atoms with E-state index in [1.165, 1.54) is 0 Å². The number of aliphatic hydroxyl groups excluding tert-OH is 11. The lowest BCUT2D eigenvalue weighted by atomic mass is 9.87. The quantitative estimate of drug-likeness (QED) is 0.0188. The van der Waals surface area contributed by atoms with Gasteiger partial charge >= 0.3 is 29.8 Å². The van der Waals surface area contributed by atoms with Crippen LogP contribution in [0.2, 0.25) is 0 Å². The maximum atomic E-state index is 14.1. The largest absolute Gasteiger partial charge is 0.465 e. The van der Waals surface area contributed by atoms with Gasteiger partial charge in [-0.25, -0.2) is 4.79 Å². The number of methoxy groups -OCH3 is 1. The number of rotatable bonds is 29. The predicted molar refractivity (Wildman–Crippen MR) is 281 cm³/mol. The molecule has 5 aliphatic rings. The van der Waals surface area contributed by atoms with Crippen LogP contribution in [-0.2, 0) is 105 Å². The Morgan fingerprint density at radius 1 is 0.557 bits per heavy atom. The predicted octanol–water partition coefficient (Wildman–Crippen LogP) is -8.52. The number of aliphatic hydroxyl groups is 11. The zero-order valence-electron chi connectivity index (χ0n) is 49.4. The van der Waals surface area contributed by atoms with Crippen LogP contribution >= 0.6 is 0 Å². The number of nitrogens with one attached hydrogen (secondary N) is 2. The Kier molecular flexibility index (Phi) is 28.8. The summed E-state index contributed by atoms with van der Waals surface area (Å²) >= 11 is 0. The molecule has 0 aromatic rings. The molecule has 88 heavy (non-hydrogen) atoms. The lowest BCUT2D eigenvalue weighted by Crippen LogP contribution is -2.70. The molecule has 36 nitrogen and oxygen atoms in total. The van der Waals surface area contributed by atoms with E-state index < -0.39 is 240 Å². The first kappa shape index (κ1) is 74.1. The Hall–Kier alpha value is -4.59. The highest BCUT2D eigenvalue weighted by atomic mass is 16.8. The summed E-state index contributed by atoms with van der Waals surface area (Å²) in [5.74, 6) is -10.0. The highest BCUT2D eigenvalue weighted by Crippen LogP contribution is 2.40. The van der Waals surface area contributed by atoms with Crippen LogP contribution in [-0.4, -0.2) is 310 Å². The van der Waals surface area contributed by atoms with Gasteiger partial charge in [0, 0.05) is 48.1 Å². The second kappa shape index (κ2) is 34.2. The van der Waals surface area contributed by atoms with Crippen molar-refractivity contribution in [2.75, 3.05) is 53.3 Å². The minimum absolute atomic E-state index is 0.102. The lowest BCUT2D eigenvalue weighted by Gasteiger charge is -2.50. The smallest absolute Gasteiger partial charge is 0.366 e. The molecule has 506 valence electrons. The highest BCUT2D eigenvalue weighted by Gasteiger charge is 2.61. The van der Waals surface area contributed by atoms with E-state index >= 15 is 0 Å². The molecule has 0 spiro atoms. The highest BCUT2D eigenvalue weighted by molar-refractivity contribution is 5.79. The molecule has 0 aromatic carbocycles. The van der Waals surface area contributed by atoms with Crippen molar-refractivity contribution in [2.45, 2.75) is 233 Å². The summed E-state index contributed by atoms with van der Waals surface area (Å²) in [5, 5.41) is 127. The zero-order valence-corrected chi connectivity index (χ0v) is 49.4. The van der Waals surface area contributed by atoms with Crippen LogP contribution in [0.5, 0.6) is 0 Å². The molecule has 0 bridgehead atoms. The van der Waals surface area contributed by atoms with Gasteiger partial charge in [-0.05, 0) is 19.4 Å². The molecule has 5 heterocycles. The van der Waals surface area contributed by atoms with Gasteiger partial charge in [-0.1, -0.05) is 12.8 Å². The topological polar surface area (TPSA) is 531 Å². The first-order valence-corrected chi connectivity index (χ1v) is 28.3. The van der Waals surface area contributed by atoms with Crippen molar-refractivity contribution in [3.05, 3.63) is 0 Å². The molecule has 5 saturated heterocycles. The number of nitrogens with two attached hydrogens (primary N) is 1. The third-order valence-corrected chi connectivity index (χ3v) is 14.8. The van der Waals surface area contributed by atoms with E-state index in [0.717, 1.165) is 67.9 Å². The molecule has 5 aliphatic heterocycles. The summed E-state index contributed by atoms with van der Waals surface area (Å²) in [7, 11) is 0.860. The SMILES string of the molecule is COC(=O)[C@@]1(OC[C@H]2O[C@@H](O[C@H]3[C@H](O)[C@@H](NC(C)=O)[C@H](O[C@H]4[C@@H](O)[C@@H](CO)O[C@@H](O[C@H]5[C@H](O)[C@@H](O)[C@H](OCCCCCCN)O[C@@H]5CO)[C@@H]4O)O[C@@H]3CO)[C@H](O)[C@@H](O)[C@H]2O)C[C@H](OC(C)=O)[C@@H](NC(C)=O)[C@H]([C@H](OC(C)=O)[C@@H](COC(C)=O)OC(C)=O)O1. The number of esters is 5. The zero-order chi connectivity index (χ0) is 65.5. The molecule has 0 aliphatic carbocycles. The standard InChI is InChI=1S/C52H85N3O33/c1-20(59)54-32-26(78-23(4)62)14-52(51(73)74-7,88-45(32)44(80-25(6)64)31(79-24(5)63)18-76-22(3)61)77-19-30-34(65)37(68)39(70)49(84-30)85-42-28(16-57)82-47(33(36(42)67)55-21(2)60)87-46-35(66)27(15-56)81-50(41(46)72)86-43-29(17-58)83-48(40(71)38(43)69)75-13-11-9-8-10-12-53/h26-50,56-58,65-72H,8-19,53H2,1-7H3,(H,54,59)(H,55,60)/t26-,27+,28+,29+,30+,31+,32+,33+,34-,35-,36+,37-,38+,39+,40+,41+,42+,43+,44+,45+,46-,47-,48+,49-,50-,52+/m0/s1. The van der Waals surface area contributed by atoms with Gasteiger partial charge in [0.2, 0.25) is 11.8 Å². The lowest BCUT2D eigenvalue weighted by molar-refractivity contribution is -0.382. The third kappa shape index (κ3) is 19.0. The van der Waals surface area contributed by atoms with Crippen LogP contribution in [0.3, 0.4) is 0 Å². The van der Waals surface area contributed by atoms with Gasteiger partial charge in [-0.2, -0.15) is 0 Å². The first-order valence-electron chi connectivity index (χ1n) is 28.3. The minimum Gasteiger partial charge on any atom is -0.465 e. The summed E-state index contributed by atoms with van der Waals surface area (Å²) in [5.41, 5.74) is 5.54.